The number of benzene rings is 1. The zero-order chi connectivity index (χ0) is 17.3. The van der Waals surface area contributed by atoms with Gasteiger partial charge in [-0.3, -0.25) is 4.79 Å². The fourth-order valence-electron chi connectivity index (χ4n) is 4.25. The molecule has 2 aliphatic heterocycles. The number of carboxylic acids is 1. The molecule has 0 amide bonds. The highest BCUT2D eigenvalue weighted by atomic mass is 16.5. The maximum Gasteiger partial charge on any atom is 0.321 e. The second-order valence-corrected chi connectivity index (χ2v) is 6.51. The van der Waals surface area contributed by atoms with Crippen LogP contribution in [0.25, 0.3) is 0 Å². The Bertz CT molecular complexity index is 655. The van der Waals surface area contributed by atoms with E-state index in [-0.39, 0.29) is 18.0 Å². The molecule has 2 heterocycles. The zero-order valence-corrected chi connectivity index (χ0v) is 13.9. The van der Waals surface area contributed by atoms with Crippen molar-refractivity contribution in [3.63, 3.8) is 0 Å². The number of piperidine rings is 1. The van der Waals surface area contributed by atoms with Crippen LogP contribution in [0.3, 0.4) is 0 Å². The number of methoxy groups -OCH3 is 2. The molecule has 6 heteroatoms. The Labute approximate surface area is 141 Å². The predicted octanol–water partition coefficient (Wildman–Crippen LogP) is 2.68. The maximum atomic E-state index is 11.3. The van der Waals surface area contributed by atoms with Crippen molar-refractivity contribution in [3.05, 3.63) is 18.2 Å². The van der Waals surface area contributed by atoms with Crippen LogP contribution < -0.4 is 14.4 Å². The van der Waals surface area contributed by atoms with Gasteiger partial charge in [0.1, 0.15) is 17.4 Å². The molecular formula is C18H22N2O4. The van der Waals surface area contributed by atoms with Gasteiger partial charge in [-0.2, -0.15) is 5.26 Å². The summed E-state index contributed by atoms with van der Waals surface area (Å²) in [6.07, 6.45) is 3.47. The molecule has 3 rings (SSSR count). The van der Waals surface area contributed by atoms with Crippen molar-refractivity contribution in [2.75, 3.05) is 19.1 Å². The summed E-state index contributed by atoms with van der Waals surface area (Å²) < 4.78 is 10.9. The highest BCUT2D eigenvalue weighted by Crippen LogP contribution is 2.47. The van der Waals surface area contributed by atoms with E-state index >= 15 is 0 Å². The number of aliphatic carboxylic acids is 1. The van der Waals surface area contributed by atoms with Crippen molar-refractivity contribution in [1.29, 1.82) is 5.26 Å². The fourth-order valence-corrected chi connectivity index (χ4v) is 4.25. The van der Waals surface area contributed by atoms with Crippen molar-refractivity contribution in [1.82, 2.24) is 0 Å². The first-order valence-electron chi connectivity index (χ1n) is 8.21. The quantitative estimate of drug-likeness (QED) is 0.894. The van der Waals surface area contributed by atoms with Gasteiger partial charge >= 0.3 is 5.97 Å². The van der Waals surface area contributed by atoms with Gasteiger partial charge in [-0.25, -0.2) is 0 Å². The molecule has 3 atom stereocenters. The summed E-state index contributed by atoms with van der Waals surface area (Å²) in [6, 6.07) is 8.20. The molecule has 0 aliphatic carbocycles. The minimum absolute atomic E-state index is 0.0853. The lowest BCUT2D eigenvalue weighted by atomic mass is 9.81. The van der Waals surface area contributed by atoms with Crippen molar-refractivity contribution in [2.45, 2.75) is 37.8 Å². The molecule has 1 aromatic rings. The van der Waals surface area contributed by atoms with Crippen LogP contribution in [0.4, 0.5) is 5.69 Å². The molecule has 0 aromatic heterocycles. The second kappa shape index (κ2) is 6.60. The smallest absolute Gasteiger partial charge is 0.321 e. The Balaban J connectivity index is 1.89. The van der Waals surface area contributed by atoms with E-state index in [1.54, 1.807) is 14.2 Å². The van der Waals surface area contributed by atoms with Crippen LogP contribution in [0, 0.1) is 23.2 Å². The van der Waals surface area contributed by atoms with E-state index in [0.29, 0.717) is 0 Å². The molecule has 0 radical (unpaired) electrons. The van der Waals surface area contributed by atoms with Crippen LogP contribution >= 0.6 is 0 Å². The van der Waals surface area contributed by atoms with Crippen molar-refractivity contribution < 1.29 is 19.4 Å². The van der Waals surface area contributed by atoms with Gasteiger partial charge in [0.25, 0.3) is 0 Å². The van der Waals surface area contributed by atoms with E-state index in [1.165, 1.54) is 0 Å². The first-order valence-corrected chi connectivity index (χ1v) is 8.21. The molecule has 0 saturated carbocycles. The number of rotatable bonds is 5. The summed E-state index contributed by atoms with van der Waals surface area (Å²) in [5.74, 6) is -0.441. The molecule has 1 aromatic carbocycles. The first-order chi connectivity index (χ1) is 11.6. The Morgan fingerprint density at radius 3 is 2.46 bits per heavy atom. The number of anilines is 1. The number of hydrogen-bond donors (Lipinski definition) is 1. The van der Waals surface area contributed by atoms with Crippen LogP contribution in [-0.4, -0.2) is 37.4 Å². The van der Waals surface area contributed by atoms with E-state index < -0.39 is 11.9 Å². The Hall–Kier alpha value is -2.42. The minimum atomic E-state index is -1.01. The van der Waals surface area contributed by atoms with Crippen LogP contribution in [0.15, 0.2) is 18.2 Å². The molecule has 128 valence electrons. The standard InChI is InChI=1S/C18H22N2O4/c1-23-14-5-6-17(24-2)16(9-14)20-12-3-4-13(20)8-11(7-12)15(10-19)18(21)22/h5-6,9,11-13,15H,3-4,7-8H2,1-2H3,(H,21,22). The summed E-state index contributed by atoms with van der Waals surface area (Å²) >= 11 is 0. The number of fused-ring (bicyclic) bond motifs is 2. The number of nitriles is 1. The molecule has 6 nitrogen and oxygen atoms in total. The molecule has 0 spiro atoms. The van der Waals surface area contributed by atoms with E-state index in [0.717, 1.165) is 42.9 Å². The molecule has 2 saturated heterocycles. The average molecular weight is 330 g/mol. The van der Waals surface area contributed by atoms with Gasteiger partial charge < -0.3 is 19.5 Å². The first kappa shape index (κ1) is 16.4. The van der Waals surface area contributed by atoms with Crippen molar-refractivity contribution in [3.8, 4) is 17.6 Å². The third kappa shape index (κ3) is 2.75. The van der Waals surface area contributed by atoms with Crippen LogP contribution in [0.1, 0.15) is 25.7 Å². The summed E-state index contributed by atoms with van der Waals surface area (Å²) in [4.78, 5) is 13.7. The molecule has 2 aliphatic rings. The number of carbonyl (C=O) groups is 1. The summed E-state index contributed by atoms with van der Waals surface area (Å²) in [7, 11) is 3.28. The Morgan fingerprint density at radius 1 is 1.29 bits per heavy atom. The Kier molecular flexibility index (Phi) is 4.52. The molecule has 2 bridgehead atoms. The van der Waals surface area contributed by atoms with Crippen molar-refractivity contribution >= 4 is 11.7 Å². The van der Waals surface area contributed by atoms with Gasteiger partial charge in [0.05, 0.1) is 26.0 Å². The van der Waals surface area contributed by atoms with Gasteiger partial charge in [0.2, 0.25) is 0 Å². The third-order valence-corrected chi connectivity index (χ3v) is 5.31. The fraction of sp³-hybridized carbons (Fsp3) is 0.556. The number of nitrogens with zero attached hydrogens (tertiary/aromatic N) is 2. The highest BCUT2D eigenvalue weighted by molar-refractivity contribution is 5.73. The van der Waals surface area contributed by atoms with E-state index in [2.05, 4.69) is 4.90 Å². The number of ether oxygens (including phenoxy) is 2. The van der Waals surface area contributed by atoms with E-state index in [1.807, 2.05) is 24.3 Å². The Morgan fingerprint density at radius 2 is 1.96 bits per heavy atom. The molecular weight excluding hydrogens is 308 g/mol. The normalized spacial score (nSPS) is 26.5. The lowest BCUT2D eigenvalue weighted by Gasteiger charge is -2.41. The monoisotopic (exact) mass is 330 g/mol. The maximum absolute atomic E-state index is 11.3. The zero-order valence-electron chi connectivity index (χ0n) is 13.9. The summed E-state index contributed by atoms with van der Waals surface area (Å²) in [5.41, 5.74) is 0.992. The van der Waals surface area contributed by atoms with Gasteiger partial charge in [-0.1, -0.05) is 0 Å². The van der Waals surface area contributed by atoms with Gasteiger partial charge in [-0.05, 0) is 43.7 Å². The highest BCUT2D eigenvalue weighted by Gasteiger charge is 2.45. The van der Waals surface area contributed by atoms with E-state index in [4.69, 9.17) is 9.47 Å². The number of hydrogen-bond acceptors (Lipinski definition) is 5. The van der Waals surface area contributed by atoms with Crippen LogP contribution in [-0.2, 0) is 4.79 Å². The average Bonchev–Trinajstić information content (AvgIpc) is 2.84. The minimum Gasteiger partial charge on any atom is -0.497 e. The third-order valence-electron chi connectivity index (χ3n) is 5.31. The second-order valence-electron chi connectivity index (χ2n) is 6.51. The van der Waals surface area contributed by atoms with Gasteiger partial charge in [0.15, 0.2) is 0 Å². The SMILES string of the molecule is COc1ccc(OC)c(N2C3CCC2CC(C(C#N)C(=O)O)C3)c1. The molecule has 2 fully saturated rings. The van der Waals surface area contributed by atoms with E-state index in [9.17, 15) is 15.2 Å². The molecule has 1 N–H and O–H groups in total. The van der Waals surface area contributed by atoms with Gasteiger partial charge in [0, 0.05) is 18.2 Å². The lowest BCUT2D eigenvalue weighted by molar-refractivity contribution is -0.141. The predicted molar refractivity (Wildman–Crippen MR) is 88.3 cm³/mol. The molecule has 3 unspecified atom stereocenters. The number of carboxylic acid groups (broad SMARTS) is 1. The summed E-state index contributed by atoms with van der Waals surface area (Å²) in [5, 5.41) is 18.5. The molecule has 24 heavy (non-hydrogen) atoms. The largest absolute Gasteiger partial charge is 0.497 e. The summed E-state index contributed by atoms with van der Waals surface area (Å²) in [6.45, 7) is 0. The topological polar surface area (TPSA) is 82.8 Å². The van der Waals surface area contributed by atoms with Crippen LogP contribution in [0.5, 0.6) is 11.5 Å². The van der Waals surface area contributed by atoms with Gasteiger partial charge in [-0.15, -0.1) is 0 Å². The lowest BCUT2D eigenvalue weighted by Crippen LogP contribution is -2.45. The van der Waals surface area contributed by atoms with Crippen LogP contribution in [0.2, 0.25) is 0 Å². The van der Waals surface area contributed by atoms with Crippen molar-refractivity contribution in [2.24, 2.45) is 11.8 Å².